The van der Waals surface area contributed by atoms with Crippen molar-refractivity contribution in [1.29, 1.82) is 0 Å². The Balaban J connectivity index is 3.94. The second kappa shape index (κ2) is 4.90. The fourth-order valence-corrected chi connectivity index (χ4v) is 0.779. The van der Waals surface area contributed by atoms with Crippen LogP contribution in [0.15, 0.2) is 0 Å². The molecule has 0 aliphatic carbocycles. The molecular formula is C6H12N2O2S. The van der Waals surface area contributed by atoms with Crippen molar-refractivity contribution in [1.82, 2.24) is 4.90 Å². The van der Waals surface area contributed by atoms with Gasteiger partial charge in [-0.15, -0.1) is 0 Å². The van der Waals surface area contributed by atoms with Crippen LogP contribution >= 0.6 is 12.2 Å². The maximum Gasteiger partial charge on any atom is 0.409 e. The Morgan fingerprint density at radius 3 is 2.55 bits per heavy atom. The number of amides is 1. The maximum absolute atomic E-state index is 10.9. The van der Waals surface area contributed by atoms with Gasteiger partial charge in [-0.1, -0.05) is 12.2 Å². The highest BCUT2D eigenvalue weighted by molar-refractivity contribution is 7.80. The van der Waals surface area contributed by atoms with E-state index in [9.17, 15) is 4.79 Å². The number of methoxy groups -OCH3 is 1. The van der Waals surface area contributed by atoms with E-state index in [0.717, 1.165) is 0 Å². The molecule has 0 radical (unpaired) electrons. The highest BCUT2D eigenvalue weighted by Gasteiger charge is 2.10. The van der Waals surface area contributed by atoms with E-state index in [2.05, 4.69) is 17.0 Å². The minimum atomic E-state index is -0.403. The molecule has 0 aromatic heterocycles. The van der Waals surface area contributed by atoms with E-state index >= 15 is 0 Å². The zero-order valence-electron chi connectivity index (χ0n) is 6.66. The second-order valence-corrected chi connectivity index (χ2v) is 2.47. The fourth-order valence-electron chi connectivity index (χ4n) is 0.623. The van der Waals surface area contributed by atoms with E-state index in [1.165, 1.54) is 12.0 Å². The van der Waals surface area contributed by atoms with Crippen molar-refractivity contribution >= 4 is 23.3 Å². The fraction of sp³-hybridized carbons (Fsp3) is 0.667. The van der Waals surface area contributed by atoms with Crippen molar-refractivity contribution in [2.24, 2.45) is 5.73 Å². The van der Waals surface area contributed by atoms with Crippen LogP contribution in [0, 0.1) is 0 Å². The molecule has 0 heterocycles. The second-order valence-electron chi connectivity index (χ2n) is 1.95. The molecule has 0 aromatic rings. The normalized spacial score (nSPS) is 8.91. The third-order valence-electron chi connectivity index (χ3n) is 1.16. The number of hydrogen-bond acceptors (Lipinski definition) is 3. The van der Waals surface area contributed by atoms with Crippen molar-refractivity contribution in [2.75, 3.05) is 20.2 Å². The van der Waals surface area contributed by atoms with Crippen LogP contribution in [-0.2, 0) is 4.74 Å². The average molecular weight is 176 g/mol. The molecule has 5 heteroatoms. The summed E-state index contributed by atoms with van der Waals surface area (Å²) in [7, 11) is 1.32. The number of nitrogens with two attached hydrogens (primary N) is 1. The summed E-state index contributed by atoms with van der Waals surface area (Å²) in [6.45, 7) is 2.65. The molecule has 11 heavy (non-hydrogen) atoms. The lowest BCUT2D eigenvalue weighted by atomic mass is 10.5. The third kappa shape index (κ3) is 3.77. The van der Waals surface area contributed by atoms with Gasteiger partial charge in [-0.2, -0.15) is 0 Å². The summed E-state index contributed by atoms with van der Waals surface area (Å²) < 4.78 is 4.48. The maximum atomic E-state index is 10.9. The summed E-state index contributed by atoms with van der Waals surface area (Å²) in [5.41, 5.74) is 5.24. The van der Waals surface area contributed by atoms with Gasteiger partial charge < -0.3 is 15.4 Å². The lowest BCUT2D eigenvalue weighted by molar-refractivity contribution is 0.132. The lowest BCUT2D eigenvalue weighted by Gasteiger charge is -2.17. The Kier molecular flexibility index (Phi) is 4.52. The van der Waals surface area contributed by atoms with Crippen molar-refractivity contribution in [3.63, 3.8) is 0 Å². The predicted octanol–water partition coefficient (Wildman–Crippen LogP) is 0.361. The molecule has 2 N–H and O–H groups in total. The largest absolute Gasteiger partial charge is 0.453 e. The Bertz CT molecular complexity index is 161. The molecule has 0 rings (SSSR count). The van der Waals surface area contributed by atoms with Crippen molar-refractivity contribution in [3.8, 4) is 0 Å². The van der Waals surface area contributed by atoms with E-state index in [1.54, 1.807) is 0 Å². The first-order valence-electron chi connectivity index (χ1n) is 3.23. The molecule has 0 saturated carbocycles. The Labute approximate surface area is 71.3 Å². The highest BCUT2D eigenvalue weighted by atomic mass is 32.1. The number of carbonyl (C=O) groups excluding carboxylic acids is 1. The van der Waals surface area contributed by atoms with Crippen molar-refractivity contribution in [2.45, 2.75) is 6.92 Å². The Hall–Kier alpha value is -0.840. The van der Waals surface area contributed by atoms with Crippen LogP contribution in [0.4, 0.5) is 4.79 Å². The number of rotatable bonds is 3. The zero-order chi connectivity index (χ0) is 8.85. The van der Waals surface area contributed by atoms with E-state index in [0.29, 0.717) is 6.54 Å². The quantitative estimate of drug-likeness (QED) is 0.631. The molecule has 64 valence electrons. The summed E-state index contributed by atoms with van der Waals surface area (Å²) >= 11 is 4.63. The minimum absolute atomic E-state index is 0.276. The number of ether oxygens (including phenoxy) is 1. The number of thiocarbonyl (C=S) groups is 1. The summed E-state index contributed by atoms with van der Waals surface area (Å²) in [4.78, 5) is 12.6. The van der Waals surface area contributed by atoms with Gasteiger partial charge in [-0.25, -0.2) is 4.79 Å². The first kappa shape index (κ1) is 10.2. The molecule has 1 amide bonds. The molecule has 0 aliphatic rings. The molecule has 0 spiro atoms. The number of nitrogens with zero attached hydrogens (tertiary/aromatic N) is 1. The topological polar surface area (TPSA) is 55.6 Å². The molecule has 0 aromatic carbocycles. The van der Waals surface area contributed by atoms with Crippen LogP contribution in [0.3, 0.4) is 0 Å². The van der Waals surface area contributed by atoms with Gasteiger partial charge in [0, 0.05) is 6.54 Å². The van der Waals surface area contributed by atoms with Crippen LogP contribution in [0.5, 0.6) is 0 Å². The van der Waals surface area contributed by atoms with Gasteiger partial charge in [0.15, 0.2) is 0 Å². The van der Waals surface area contributed by atoms with Crippen LogP contribution in [0.25, 0.3) is 0 Å². The molecule has 4 nitrogen and oxygen atoms in total. The van der Waals surface area contributed by atoms with Gasteiger partial charge in [-0.05, 0) is 6.92 Å². The Morgan fingerprint density at radius 2 is 2.27 bits per heavy atom. The van der Waals surface area contributed by atoms with Crippen LogP contribution in [0.1, 0.15) is 6.92 Å². The van der Waals surface area contributed by atoms with E-state index in [4.69, 9.17) is 5.73 Å². The lowest BCUT2D eigenvalue weighted by Crippen LogP contribution is -2.37. The van der Waals surface area contributed by atoms with Crippen molar-refractivity contribution < 1.29 is 9.53 Å². The summed E-state index contributed by atoms with van der Waals surface area (Å²) in [6.07, 6.45) is -0.403. The van der Waals surface area contributed by atoms with Gasteiger partial charge in [0.25, 0.3) is 0 Å². The summed E-state index contributed by atoms with van der Waals surface area (Å²) in [5.74, 6) is 0. The van der Waals surface area contributed by atoms with Gasteiger partial charge in [0.2, 0.25) is 0 Å². The van der Waals surface area contributed by atoms with Crippen LogP contribution in [-0.4, -0.2) is 36.2 Å². The van der Waals surface area contributed by atoms with E-state index in [-0.39, 0.29) is 11.5 Å². The molecule has 0 saturated heterocycles. The summed E-state index contributed by atoms with van der Waals surface area (Å²) in [6, 6.07) is 0. The van der Waals surface area contributed by atoms with Gasteiger partial charge in [0.1, 0.15) is 0 Å². The highest BCUT2D eigenvalue weighted by Crippen LogP contribution is 1.91. The number of likely N-dealkylation sites (N-methyl/N-ethyl adjacent to an activating group) is 1. The van der Waals surface area contributed by atoms with Crippen LogP contribution in [0.2, 0.25) is 0 Å². The third-order valence-corrected chi connectivity index (χ3v) is 1.29. The molecule has 0 bridgehead atoms. The zero-order valence-corrected chi connectivity index (χ0v) is 7.48. The SMILES string of the molecule is CCN(CC(N)=S)C(=O)OC. The summed E-state index contributed by atoms with van der Waals surface area (Å²) in [5, 5.41) is 0. The van der Waals surface area contributed by atoms with Gasteiger partial charge in [0.05, 0.1) is 18.6 Å². The Morgan fingerprint density at radius 1 is 1.73 bits per heavy atom. The van der Waals surface area contributed by atoms with Gasteiger partial charge in [-0.3, -0.25) is 0 Å². The van der Waals surface area contributed by atoms with Crippen molar-refractivity contribution in [3.05, 3.63) is 0 Å². The minimum Gasteiger partial charge on any atom is -0.453 e. The van der Waals surface area contributed by atoms with Crippen LogP contribution < -0.4 is 5.73 Å². The molecule has 0 atom stereocenters. The first-order chi connectivity index (χ1) is 5.11. The van der Waals surface area contributed by atoms with Gasteiger partial charge >= 0.3 is 6.09 Å². The average Bonchev–Trinajstić information content (AvgIpc) is 1.98. The predicted molar refractivity (Wildman–Crippen MR) is 46.4 cm³/mol. The molecular weight excluding hydrogens is 164 g/mol. The monoisotopic (exact) mass is 176 g/mol. The number of hydrogen-bond donors (Lipinski definition) is 1. The smallest absolute Gasteiger partial charge is 0.409 e. The van der Waals surface area contributed by atoms with E-state index < -0.39 is 6.09 Å². The van der Waals surface area contributed by atoms with E-state index in [1.807, 2.05) is 6.92 Å². The molecule has 0 fully saturated rings. The standard InChI is InChI=1S/C6H12N2O2S/c1-3-8(4-5(7)11)6(9)10-2/h3-4H2,1-2H3,(H2,7,11). The molecule has 0 aliphatic heterocycles. The number of carbonyl (C=O) groups is 1. The molecule has 0 unspecified atom stereocenters. The first-order valence-corrected chi connectivity index (χ1v) is 3.63.